The molecule has 0 bridgehead atoms. The predicted molar refractivity (Wildman–Crippen MR) is 96.6 cm³/mol. The van der Waals surface area contributed by atoms with Crippen molar-refractivity contribution in [2.24, 2.45) is 13.0 Å². The van der Waals surface area contributed by atoms with Gasteiger partial charge in [-0.15, -0.1) is 10.2 Å². The van der Waals surface area contributed by atoms with Gasteiger partial charge in [0.1, 0.15) is 23.7 Å². The van der Waals surface area contributed by atoms with Gasteiger partial charge in [0, 0.05) is 37.5 Å². The van der Waals surface area contributed by atoms with E-state index in [1.165, 1.54) is 12.1 Å². The van der Waals surface area contributed by atoms with E-state index in [1.807, 2.05) is 11.6 Å². The fraction of sp³-hybridized carbons (Fsp3) is 0.389. The van der Waals surface area contributed by atoms with Gasteiger partial charge in [-0.25, -0.2) is 4.39 Å². The molecule has 3 heterocycles. The molecule has 1 saturated heterocycles. The van der Waals surface area contributed by atoms with Gasteiger partial charge in [0.25, 0.3) is 5.91 Å². The predicted octanol–water partition coefficient (Wildman–Crippen LogP) is 3.18. The lowest BCUT2D eigenvalue weighted by atomic mass is 9.93. The Morgan fingerprint density at radius 2 is 2.15 bits per heavy atom. The molecule has 1 aliphatic heterocycles. The number of carbonyl (C=O) groups excluding carboxylic acids is 1. The lowest BCUT2D eigenvalue weighted by Gasteiger charge is -2.31. The highest BCUT2D eigenvalue weighted by atomic mass is 35.5. The fourth-order valence-corrected chi connectivity index (χ4v) is 3.81. The third-order valence-electron chi connectivity index (χ3n) is 5.09. The Morgan fingerprint density at radius 3 is 2.85 bits per heavy atom. The van der Waals surface area contributed by atoms with Crippen molar-refractivity contribution in [1.82, 2.24) is 24.6 Å². The van der Waals surface area contributed by atoms with Gasteiger partial charge >= 0.3 is 0 Å². The van der Waals surface area contributed by atoms with Crippen LogP contribution in [-0.2, 0) is 13.5 Å². The van der Waals surface area contributed by atoms with E-state index in [0.29, 0.717) is 35.6 Å². The van der Waals surface area contributed by atoms with E-state index in [0.717, 1.165) is 25.1 Å². The van der Waals surface area contributed by atoms with E-state index >= 15 is 0 Å². The minimum Gasteiger partial charge on any atom is -0.349 e. The van der Waals surface area contributed by atoms with Crippen LogP contribution in [0.15, 0.2) is 24.5 Å². The van der Waals surface area contributed by atoms with Crippen molar-refractivity contribution in [3.05, 3.63) is 46.9 Å². The maximum absolute atomic E-state index is 13.4. The minimum atomic E-state index is -0.373. The number of aryl methyl sites for hydroxylation is 1. The number of aromatic amines is 1. The molecule has 0 radical (unpaired) electrons. The first-order valence-corrected chi connectivity index (χ1v) is 8.99. The van der Waals surface area contributed by atoms with Gasteiger partial charge in [-0.1, -0.05) is 11.6 Å². The van der Waals surface area contributed by atoms with Crippen LogP contribution in [0.2, 0.25) is 5.02 Å². The quantitative estimate of drug-likeness (QED) is 0.764. The summed E-state index contributed by atoms with van der Waals surface area (Å²) >= 11 is 6.32. The van der Waals surface area contributed by atoms with Crippen molar-refractivity contribution >= 4 is 28.4 Å². The smallest absolute Gasteiger partial charge is 0.271 e. The molecule has 1 aliphatic rings. The highest BCUT2D eigenvalue weighted by molar-refractivity contribution is 6.38. The summed E-state index contributed by atoms with van der Waals surface area (Å²) in [6, 6.07) is 4.29. The van der Waals surface area contributed by atoms with Crippen LogP contribution < -0.4 is 0 Å². The van der Waals surface area contributed by atoms with Gasteiger partial charge in [-0.05, 0) is 37.0 Å². The number of hydrogen-bond donors (Lipinski definition) is 1. The average Bonchev–Trinajstić information content (AvgIpc) is 3.19. The summed E-state index contributed by atoms with van der Waals surface area (Å²) < 4.78 is 15.4. The summed E-state index contributed by atoms with van der Waals surface area (Å²) in [6.07, 6.45) is 4.38. The number of amides is 1. The SMILES string of the molecule is Cn1cnnc1CC1CCN(C(=O)c2[nH]c3ccc(F)cc3c2Cl)CC1. The number of halogens is 2. The number of fused-ring (bicyclic) bond motifs is 1. The lowest BCUT2D eigenvalue weighted by Crippen LogP contribution is -2.39. The Kier molecular flexibility index (Phi) is 4.40. The first-order valence-electron chi connectivity index (χ1n) is 8.62. The van der Waals surface area contributed by atoms with Crippen LogP contribution in [0.5, 0.6) is 0 Å². The number of nitrogens with one attached hydrogen (secondary N) is 1. The second-order valence-electron chi connectivity index (χ2n) is 6.80. The van der Waals surface area contributed by atoms with Crippen LogP contribution >= 0.6 is 11.6 Å². The van der Waals surface area contributed by atoms with Gasteiger partial charge in [0.2, 0.25) is 0 Å². The molecule has 3 aromatic rings. The number of aromatic nitrogens is 4. The molecule has 136 valence electrons. The summed E-state index contributed by atoms with van der Waals surface area (Å²) in [5.74, 6) is 0.940. The molecular formula is C18H19ClFN5O. The Hall–Kier alpha value is -2.41. The summed E-state index contributed by atoms with van der Waals surface area (Å²) in [5.41, 5.74) is 0.996. The first kappa shape index (κ1) is 17.0. The van der Waals surface area contributed by atoms with Crippen LogP contribution in [0.1, 0.15) is 29.2 Å². The molecule has 4 rings (SSSR count). The average molecular weight is 376 g/mol. The first-order chi connectivity index (χ1) is 12.5. The van der Waals surface area contributed by atoms with Gasteiger partial charge in [0.15, 0.2) is 0 Å². The summed E-state index contributed by atoms with van der Waals surface area (Å²) in [7, 11) is 1.94. The number of rotatable bonds is 3. The van der Waals surface area contributed by atoms with Crippen LogP contribution in [0.4, 0.5) is 4.39 Å². The third-order valence-corrected chi connectivity index (χ3v) is 5.48. The van der Waals surface area contributed by atoms with Gasteiger partial charge in [-0.2, -0.15) is 0 Å². The molecule has 6 nitrogen and oxygen atoms in total. The summed E-state index contributed by atoms with van der Waals surface area (Å²) in [5, 5.41) is 8.86. The summed E-state index contributed by atoms with van der Waals surface area (Å²) in [6.45, 7) is 1.34. The van der Waals surface area contributed by atoms with Gasteiger partial charge in [0.05, 0.1) is 5.02 Å². The van der Waals surface area contributed by atoms with Crippen molar-refractivity contribution in [2.75, 3.05) is 13.1 Å². The minimum absolute atomic E-state index is 0.135. The second kappa shape index (κ2) is 6.72. The molecule has 0 spiro atoms. The van der Waals surface area contributed by atoms with Gasteiger partial charge in [-0.3, -0.25) is 4.79 Å². The number of nitrogens with zero attached hydrogens (tertiary/aromatic N) is 4. The Balaban J connectivity index is 1.45. The molecule has 1 fully saturated rings. The Morgan fingerprint density at radius 1 is 1.38 bits per heavy atom. The van der Waals surface area contributed by atoms with Crippen molar-refractivity contribution in [3.63, 3.8) is 0 Å². The molecule has 1 aromatic carbocycles. The molecule has 1 N–H and O–H groups in total. The standard InChI is InChI=1S/C18H19ClFN5O/c1-24-10-21-23-15(24)8-11-4-6-25(7-5-11)18(26)17-16(19)13-9-12(20)2-3-14(13)22-17/h2-3,9-11,22H,4-8H2,1H3. The number of H-pyrrole nitrogens is 1. The molecule has 0 saturated carbocycles. The number of hydrogen-bond acceptors (Lipinski definition) is 3. The van der Waals surface area contributed by atoms with Crippen LogP contribution in [-0.4, -0.2) is 43.6 Å². The molecule has 0 aliphatic carbocycles. The third kappa shape index (κ3) is 3.07. The lowest BCUT2D eigenvalue weighted by molar-refractivity contribution is 0.0684. The van der Waals surface area contributed by atoms with E-state index in [2.05, 4.69) is 15.2 Å². The molecule has 2 aromatic heterocycles. The number of carbonyl (C=O) groups is 1. The van der Waals surface area contributed by atoms with Gasteiger partial charge < -0.3 is 14.5 Å². The van der Waals surface area contributed by atoms with E-state index in [-0.39, 0.29) is 16.7 Å². The summed E-state index contributed by atoms with van der Waals surface area (Å²) in [4.78, 5) is 17.7. The zero-order valence-electron chi connectivity index (χ0n) is 14.4. The number of piperidine rings is 1. The largest absolute Gasteiger partial charge is 0.349 e. The van der Waals surface area contributed by atoms with E-state index in [9.17, 15) is 9.18 Å². The maximum Gasteiger partial charge on any atom is 0.271 e. The second-order valence-corrected chi connectivity index (χ2v) is 7.18. The Bertz CT molecular complexity index is 958. The van der Waals surface area contributed by atoms with E-state index < -0.39 is 0 Å². The zero-order chi connectivity index (χ0) is 18.3. The monoisotopic (exact) mass is 375 g/mol. The van der Waals surface area contributed by atoms with Crippen molar-refractivity contribution in [1.29, 1.82) is 0 Å². The normalized spacial score (nSPS) is 15.7. The zero-order valence-corrected chi connectivity index (χ0v) is 15.1. The maximum atomic E-state index is 13.4. The number of benzene rings is 1. The molecule has 8 heteroatoms. The van der Waals surface area contributed by atoms with Crippen LogP contribution in [0.3, 0.4) is 0 Å². The van der Waals surface area contributed by atoms with Crippen molar-refractivity contribution in [3.8, 4) is 0 Å². The highest BCUT2D eigenvalue weighted by Crippen LogP contribution is 2.30. The van der Waals surface area contributed by atoms with Crippen molar-refractivity contribution < 1.29 is 9.18 Å². The molecule has 0 atom stereocenters. The molecule has 0 unspecified atom stereocenters. The molecule has 26 heavy (non-hydrogen) atoms. The van der Waals surface area contributed by atoms with E-state index in [4.69, 9.17) is 11.6 Å². The topological polar surface area (TPSA) is 66.8 Å². The van der Waals surface area contributed by atoms with Crippen molar-refractivity contribution in [2.45, 2.75) is 19.3 Å². The molecule has 1 amide bonds. The molecular weight excluding hydrogens is 357 g/mol. The fourth-order valence-electron chi connectivity index (χ4n) is 3.53. The van der Waals surface area contributed by atoms with Crippen LogP contribution in [0.25, 0.3) is 10.9 Å². The highest BCUT2D eigenvalue weighted by Gasteiger charge is 2.27. The Labute approximate surface area is 155 Å². The number of likely N-dealkylation sites (tertiary alicyclic amines) is 1. The van der Waals surface area contributed by atoms with E-state index in [1.54, 1.807) is 17.3 Å². The van der Waals surface area contributed by atoms with Crippen LogP contribution in [0, 0.1) is 11.7 Å².